The van der Waals surface area contributed by atoms with E-state index in [9.17, 15) is 45.3 Å². The summed E-state index contributed by atoms with van der Waals surface area (Å²) in [5.74, 6) is -3.42. The van der Waals surface area contributed by atoms with Crippen LogP contribution in [-0.4, -0.2) is 179 Å². The first kappa shape index (κ1) is 62.9. The Morgan fingerprint density at radius 3 is 1.40 bits per heavy atom. The van der Waals surface area contributed by atoms with Crippen LogP contribution in [0, 0.1) is 0 Å². The fourth-order valence-electron chi connectivity index (χ4n) is 7.85. The van der Waals surface area contributed by atoms with Crippen LogP contribution >= 0.6 is 0 Å². The summed E-state index contributed by atoms with van der Waals surface area (Å²) in [5.41, 5.74) is 0. The first-order valence-electron chi connectivity index (χ1n) is 24.6. The molecule has 2 rings (SSSR count). The average molecular weight is 931 g/mol. The summed E-state index contributed by atoms with van der Waals surface area (Å²) >= 11 is 0. The maximum atomic E-state index is 12.2. The molecule has 0 bridgehead atoms. The molecular weight excluding hydrogens is 840 g/mol. The third kappa shape index (κ3) is 28.8. The van der Waals surface area contributed by atoms with E-state index >= 15 is 0 Å². The van der Waals surface area contributed by atoms with Crippen molar-refractivity contribution in [3.63, 3.8) is 0 Å². The van der Waals surface area contributed by atoms with Crippen molar-refractivity contribution in [2.75, 3.05) is 19.8 Å². The number of aliphatic carboxylic acids is 1. The summed E-state index contributed by atoms with van der Waals surface area (Å²) in [6.45, 7) is 2.40. The molecule has 2 heterocycles. The van der Waals surface area contributed by atoms with E-state index < -0.39 is 86.6 Å². The minimum absolute atomic E-state index is 0. The summed E-state index contributed by atoms with van der Waals surface area (Å²) in [6, 6.07) is 0. The molecule has 0 saturated carbocycles. The Balaban J connectivity index is 0.00000154. The van der Waals surface area contributed by atoms with Crippen LogP contribution in [0.1, 0.15) is 206 Å². The molecule has 2 aliphatic heterocycles. The van der Waals surface area contributed by atoms with Crippen molar-refractivity contribution in [1.82, 2.24) is 0 Å². The van der Waals surface area contributed by atoms with E-state index in [1.54, 1.807) is 0 Å². The van der Waals surface area contributed by atoms with Crippen LogP contribution in [0.2, 0.25) is 0 Å². The van der Waals surface area contributed by atoms with Gasteiger partial charge in [0.05, 0.1) is 6.61 Å². The summed E-state index contributed by atoms with van der Waals surface area (Å²) in [5, 5.41) is 79.0. The first-order valence-corrected chi connectivity index (χ1v) is 24.6. The van der Waals surface area contributed by atoms with Crippen LogP contribution in [0.3, 0.4) is 0 Å². The van der Waals surface area contributed by atoms with Gasteiger partial charge in [-0.15, -0.1) is 0 Å². The number of allylic oxidation sites excluding steroid dienone is 2. The van der Waals surface area contributed by atoms with Crippen molar-refractivity contribution in [1.29, 1.82) is 0 Å². The van der Waals surface area contributed by atoms with Gasteiger partial charge >= 0.3 is 63.3 Å². The third-order valence-corrected chi connectivity index (χ3v) is 11.9. The molecule has 368 valence electrons. The molecule has 8 N–H and O–H groups in total. The molecule has 0 radical (unpaired) electrons. The number of rotatable bonds is 37. The average Bonchev–Trinajstić information content (AvgIpc) is 3.51. The second-order valence-electron chi connectivity index (χ2n) is 17.5. The number of carbonyl (C=O) groups is 2. The molecule has 2 fully saturated rings. The van der Waals surface area contributed by atoms with Gasteiger partial charge in [-0.2, -0.15) is 0 Å². The molecule has 0 aromatic carbocycles. The van der Waals surface area contributed by atoms with Crippen molar-refractivity contribution in [3.05, 3.63) is 12.2 Å². The van der Waals surface area contributed by atoms with Crippen molar-refractivity contribution in [3.8, 4) is 0 Å². The van der Waals surface area contributed by atoms with E-state index in [2.05, 4.69) is 26.0 Å². The number of hydrogen-bond acceptors (Lipinski definition) is 13. The van der Waals surface area contributed by atoms with Crippen LogP contribution in [0.5, 0.6) is 0 Å². The van der Waals surface area contributed by atoms with Gasteiger partial charge < -0.3 is 59.8 Å². The zero-order valence-corrected chi connectivity index (χ0v) is 38.6. The molecule has 15 heteroatoms. The standard InChI is InChI=1S/C30H56O12.C18H34O2.K.H/c1-2-3-4-5-6-7-8-9-10-11-12-13-14-15-16-17-23(33)39-19-22-24(34)26(36)27(37)29(40-22)42-30(20-32)28(38)25(35)21(18-31)41-30;1-2-3-4-5-6-7-8-9-10-11-12-13-14-15-16-17-18(19)20;;/h21-22,24-29,31-32,34-38H,2-20H2,1H3;9-10H,2-8,11-17H2,1H3,(H,19,20);;/b;10-9-;;/t21-,22-,24-,25-,26+,27-,28+,29-,30+;;;/m1.../s1. The Morgan fingerprint density at radius 2 is 0.984 bits per heavy atom. The fourth-order valence-corrected chi connectivity index (χ4v) is 7.85. The van der Waals surface area contributed by atoms with Crippen molar-refractivity contribution < 1.29 is 69.4 Å². The van der Waals surface area contributed by atoms with Crippen LogP contribution in [0.4, 0.5) is 0 Å². The molecule has 0 amide bonds. The number of ether oxygens (including phenoxy) is 4. The molecule has 0 spiro atoms. The molecule has 0 aliphatic carbocycles. The van der Waals surface area contributed by atoms with Crippen LogP contribution in [0.25, 0.3) is 0 Å². The van der Waals surface area contributed by atoms with E-state index in [1.165, 1.54) is 141 Å². The zero-order valence-electron chi connectivity index (χ0n) is 38.6. The molecule has 0 aromatic heterocycles. The number of carboxylic acid groups (broad SMARTS) is 1. The Labute approximate surface area is 422 Å². The van der Waals surface area contributed by atoms with Gasteiger partial charge in [0.2, 0.25) is 5.79 Å². The van der Waals surface area contributed by atoms with Crippen LogP contribution in [0.15, 0.2) is 12.2 Å². The molecule has 2 saturated heterocycles. The normalized spacial score (nSPS) is 25.7. The second kappa shape index (κ2) is 40.9. The number of unbranched alkanes of at least 4 members (excludes halogenated alkanes) is 25. The number of carbonyl (C=O) groups excluding carboxylic acids is 1. The van der Waals surface area contributed by atoms with Crippen molar-refractivity contribution in [2.24, 2.45) is 0 Å². The number of aliphatic hydroxyl groups is 7. The molecule has 14 nitrogen and oxygen atoms in total. The summed E-state index contributed by atoms with van der Waals surface area (Å²) in [7, 11) is 0. The molecule has 9 atom stereocenters. The van der Waals surface area contributed by atoms with Gasteiger partial charge in [-0.05, 0) is 38.5 Å². The number of esters is 1. The number of carboxylic acids is 1. The third-order valence-electron chi connectivity index (χ3n) is 11.9. The summed E-state index contributed by atoms with van der Waals surface area (Å²) < 4.78 is 21.5. The van der Waals surface area contributed by atoms with Gasteiger partial charge in [-0.3, -0.25) is 9.59 Å². The maximum absolute atomic E-state index is 12.2. The predicted octanol–water partition coefficient (Wildman–Crippen LogP) is 6.88. The number of hydrogen-bond donors (Lipinski definition) is 8. The van der Waals surface area contributed by atoms with Gasteiger partial charge in [-0.1, -0.05) is 167 Å². The van der Waals surface area contributed by atoms with Crippen molar-refractivity contribution in [2.45, 2.75) is 261 Å². The van der Waals surface area contributed by atoms with E-state index in [1.807, 2.05) is 0 Å². The monoisotopic (exact) mass is 931 g/mol. The Hall–Kier alpha value is -0.0836. The Bertz CT molecular complexity index is 1120. The van der Waals surface area contributed by atoms with Gasteiger partial charge in [0.25, 0.3) is 0 Å². The minimum atomic E-state index is -2.27. The van der Waals surface area contributed by atoms with Gasteiger partial charge in [0.1, 0.15) is 55.9 Å². The Morgan fingerprint density at radius 1 is 0.556 bits per heavy atom. The molecular formula is C48H91KO14. The van der Waals surface area contributed by atoms with E-state index in [4.69, 9.17) is 24.1 Å². The number of aliphatic hydroxyl groups excluding tert-OH is 7. The zero-order chi connectivity index (χ0) is 45.9. The van der Waals surface area contributed by atoms with Crippen LogP contribution in [-0.2, 0) is 28.5 Å². The van der Waals surface area contributed by atoms with Crippen molar-refractivity contribution >= 4 is 63.3 Å². The van der Waals surface area contributed by atoms with Crippen LogP contribution < -0.4 is 0 Å². The van der Waals surface area contributed by atoms with Gasteiger partial charge in [-0.25, -0.2) is 0 Å². The fraction of sp³-hybridized carbons (Fsp3) is 0.917. The molecule has 0 aromatic rings. The summed E-state index contributed by atoms with van der Waals surface area (Å²) in [6.07, 6.45) is 26.8. The predicted molar refractivity (Wildman–Crippen MR) is 246 cm³/mol. The van der Waals surface area contributed by atoms with Gasteiger partial charge in [0.15, 0.2) is 6.29 Å². The topological polar surface area (TPSA) is 233 Å². The van der Waals surface area contributed by atoms with Gasteiger partial charge in [0, 0.05) is 12.8 Å². The van der Waals surface area contributed by atoms with E-state index in [-0.39, 0.29) is 57.8 Å². The van der Waals surface area contributed by atoms with E-state index in [0.717, 1.165) is 32.1 Å². The Kier molecular flexibility index (Phi) is 40.9. The molecule has 2 aliphatic rings. The summed E-state index contributed by atoms with van der Waals surface area (Å²) in [4.78, 5) is 22.6. The quantitative estimate of drug-likeness (QED) is 0.0137. The SMILES string of the molecule is CCCCCCCC/C=C\CCCCCCCC(=O)O.CCCCCCCCCCCCCCCCCC(=O)OC[C@H]1O[C@H](O[C@]2(CO)O[C@H](CO)[C@@H](O)[C@@H]2O)[C@H](O)[C@@H](O)[C@@H]1O.[KH]. The second-order valence-corrected chi connectivity index (χ2v) is 17.5. The molecule has 63 heavy (non-hydrogen) atoms. The van der Waals surface area contributed by atoms with E-state index in [0.29, 0.717) is 12.8 Å². The molecule has 0 unspecified atom stereocenters. The first-order chi connectivity index (χ1) is 30.0.